The summed E-state index contributed by atoms with van der Waals surface area (Å²) in [6.45, 7) is 4.32. The van der Waals surface area contributed by atoms with Gasteiger partial charge in [-0.2, -0.15) is 0 Å². The molecule has 0 radical (unpaired) electrons. The minimum Gasteiger partial charge on any atom is -0.447 e. The Hall–Kier alpha value is -2.88. The van der Waals surface area contributed by atoms with E-state index in [1.807, 2.05) is 42.5 Å². The van der Waals surface area contributed by atoms with Crippen molar-refractivity contribution in [3.8, 4) is 5.69 Å². The third-order valence-electron chi connectivity index (χ3n) is 5.79. The second-order valence-electron chi connectivity index (χ2n) is 8.25. The molecule has 0 aliphatic carbocycles. The predicted molar refractivity (Wildman–Crippen MR) is 135 cm³/mol. The maximum absolute atomic E-state index is 13.4. The second-order valence-corrected chi connectivity index (χ2v) is 11.3. The standard InChI is InChI=1S/C25H27N3O4S2/c1-5-17(2)18-10-12-19(13-11-18)28-24(29)21-8-6-7-9-22(21)26-25(28)33-16-20-14-15-23(32-20)34(30,31)27(3)4/h6-15,17H,5,16H2,1-4H3. The van der Waals surface area contributed by atoms with Crippen LogP contribution in [0.4, 0.5) is 0 Å². The molecule has 2 heterocycles. The molecule has 178 valence electrons. The Morgan fingerprint density at radius 1 is 1.06 bits per heavy atom. The van der Waals surface area contributed by atoms with E-state index in [0.717, 1.165) is 16.4 Å². The highest BCUT2D eigenvalue weighted by Crippen LogP contribution is 2.28. The number of fused-ring (bicyclic) bond motifs is 1. The summed E-state index contributed by atoms with van der Waals surface area (Å²) in [7, 11) is -0.743. The van der Waals surface area contributed by atoms with Gasteiger partial charge >= 0.3 is 0 Å². The first-order valence-corrected chi connectivity index (χ1v) is 13.4. The van der Waals surface area contributed by atoms with Crippen LogP contribution < -0.4 is 5.56 Å². The van der Waals surface area contributed by atoms with E-state index < -0.39 is 10.0 Å². The summed E-state index contributed by atoms with van der Waals surface area (Å²) < 4.78 is 32.9. The lowest BCUT2D eigenvalue weighted by atomic mass is 9.98. The predicted octanol–water partition coefficient (Wildman–Crippen LogP) is 5.03. The fraction of sp³-hybridized carbons (Fsp3) is 0.280. The molecule has 0 N–H and O–H groups in total. The van der Waals surface area contributed by atoms with E-state index in [2.05, 4.69) is 13.8 Å². The van der Waals surface area contributed by atoms with Crippen molar-refractivity contribution in [3.63, 3.8) is 0 Å². The largest absolute Gasteiger partial charge is 0.447 e. The quantitative estimate of drug-likeness (QED) is 0.251. The summed E-state index contributed by atoms with van der Waals surface area (Å²) in [6.07, 6.45) is 1.03. The number of nitrogens with zero attached hydrogens (tertiary/aromatic N) is 3. The summed E-state index contributed by atoms with van der Waals surface area (Å²) >= 11 is 1.32. The Labute approximate surface area is 203 Å². The molecule has 0 bridgehead atoms. The lowest BCUT2D eigenvalue weighted by molar-refractivity contribution is 0.408. The number of hydrogen-bond acceptors (Lipinski definition) is 6. The molecule has 0 amide bonds. The lowest BCUT2D eigenvalue weighted by Gasteiger charge is -2.15. The van der Waals surface area contributed by atoms with E-state index in [9.17, 15) is 13.2 Å². The van der Waals surface area contributed by atoms with Gasteiger partial charge in [0, 0.05) is 14.1 Å². The molecule has 0 saturated carbocycles. The van der Waals surface area contributed by atoms with Crippen LogP contribution in [0.5, 0.6) is 0 Å². The Kier molecular flexibility index (Phi) is 6.97. The fourth-order valence-electron chi connectivity index (χ4n) is 3.51. The minimum atomic E-state index is -3.65. The molecule has 1 unspecified atom stereocenters. The van der Waals surface area contributed by atoms with Crippen LogP contribution in [0, 0.1) is 0 Å². The zero-order valence-corrected chi connectivity index (χ0v) is 21.2. The van der Waals surface area contributed by atoms with Crippen LogP contribution in [0.3, 0.4) is 0 Å². The molecular formula is C25H27N3O4S2. The number of rotatable bonds is 8. The normalized spacial score (nSPS) is 13.0. The van der Waals surface area contributed by atoms with Gasteiger partial charge < -0.3 is 4.42 Å². The van der Waals surface area contributed by atoms with Crippen molar-refractivity contribution < 1.29 is 12.8 Å². The van der Waals surface area contributed by atoms with Crippen molar-refractivity contribution in [2.75, 3.05) is 14.1 Å². The highest BCUT2D eigenvalue weighted by molar-refractivity contribution is 7.98. The minimum absolute atomic E-state index is 0.113. The highest BCUT2D eigenvalue weighted by Gasteiger charge is 2.22. The monoisotopic (exact) mass is 497 g/mol. The van der Waals surface area contributed by atoms with Gasteiger partial charge in [-0.25, -0.2) is 17.7 Å². The average Bonchev–Trinajstić information content (AvgIpc) is 3.32. The van der Waals surface area contributed by atoms with Gasteiger partial charge in [0.05, 0.1) is 22.3 Å². The summed E-state index contributed by atoms with van der Waals surface area (Å²) in [4.78, 5) is 18.2. The SMILES string of the molecule is CCC(C)c1ccc(-n2c(SCc3ccc(S(=O)(=O)N(C)C)o3)nc3ccccc3c2=O)cc1. The molecule has 7 nitrogen and oxygen atoms in total. The number of thioether (sulfide) groups is 1. The van der Waals surface area contributed by atoms with Crippen LogP contribution in [0.1, 0.15) is 37.5 Å². The van der Waals surface area contributed by atoms with Crippen LogP contribution in [0.25, 0.3) is 16.6 Å². The summed E-state index contributed by atoms with van der Waals surface area (Å²) in [5.41, 5.74) is 2.40. The van der Waals surface area contributed by atoms with E-state index in [0.29, 0.717) is 33.5 Å². The van der Waals surface area contributed by atoms with Crippen molar-refractivity contribution in [3.05, 3.63) is 82.3 Å². The molecule has 1 atom stereocenters. The number of furan rings is 1. The Bertz CT molecular complexity index is 1470. The maximum Gasteiger partial charge on any atom is 0.275 e. The molecule has 2 aromatic heterocycles. The van der Waals surface area contributed by atoms with Gasteiger partial charge in [-0.3, -0.25) is 9.36 Å². The van der Waals surface area contributed by atoms with Gasteiger partial charge in [0.25, 0.3) is 15.6 Å². The zero-order valence-electron chi connectivity index (χ0n) is 19.6. The van der Waals surface area contributed by atoms with Gasteiger partial charge in [0.15, 0.2) is 5.16 Å². The van der Waals surface area contributed by atoms with Crippen molar-refractivity contribution in [2.45, 2.75) is 42.2 Å². The van der Waals surface area contributed by atoms with Crippen molar-refractivity contribution in [1.29, 1.82) is 0 Å². The van der Waals surface area contributed by atoms with Crippen LogP contribution in [0.15, 0.2) is 80.1 Å². The number of para-hydroxylation sites is 1. The third-order valence-corrected chi connectivity index (χ3v) is 8.44. The van der Waals surface area contributed by atoms with Gasteiger partial charge in [-0.05, 0) is 54.3 Å². The second kappa shape index (κ2) is 9.77. The Morgan fingerprint density at radius 3 is 2.44 bits per heavy atom. The molecule has 0 saturated heterocycles. The fourth-order valence-corrected chi connectivity index (χ4v) is 5.23. The number of benzene rings is 2. The van der Waals surface area contributed by atoms with Gasteiger partial charge in [-0.15, -0.1) is 0 Å². The van der Waals surface area contributed by atoms with E-state index >= 15 is 0 Å². The molecule has 4 aromatic rings. The first-order chi connectivity index (χ1) is 16.2. The van der Waals surface area contributed by atoms with Gasteiger partial charge in [0.2, 0.25) is 5.09 Å². The summed E-state index contributed by atoms with van der Waals surface area (Å²) in [6, 6.07) is 18.3. The van der Waals surface area contributed by atoms with Crippen LogP contribution >= 0.6 is 11.8 Å². The van der Waals surface area contributed by atoms with Crippen molar-refractivity contribution >= 4 is 32.7 Å². The van der Waals surface area contributed by atoms with E-state index in [1.165, 1.54) is 37.5 Å². The molecule has 34 heavy (non-hydrogen) atoms. The highest BCUT2D eigenvalue weighted by atomic mass is 32.2. The molecule has 4 rings (SSSR count). The third kappa shape index (κ3) is 4.68. The van der Waals surface area contributed by atoms with Crippen LogP contribution in [-0.2, 0) is 15.8 Å². The molecule has 0 aliphatic heterocycles. The van der Waals surface area contributed by atoms with Crippen molar-refractivity contribution in [2.24, 2.45) is 0 Å². The first-order valence-electron chi connectivity index (χ1n) is 11.0. The van der Waals surface area contributed by atoms with Crippen molar-refractivity contribution in [1.82, 2.24) is 13.9 Å². The average molecular weight is 498 g/mol. The number of hydrogen-bond donors (Lipinski definition) is 0. The first kappa shape index (κ1) is 24.3. The Balaban J connectivity index is 1.73. The molecule has 0 spiro atoms. The Morgan fingerprint density at radius 2 is 1.76 bits per heavy atom. The smallest absolute Gasteiger partial charge is 0.275 e. The van der Waals surface area contributed by atoms with Crippen LogP contribution in [-0.4, -0.2) is 36.4 Å². The lowest BCUT2D eigenvalue weighted by Crippen LogP contribution is -2.22. The van der Waals surface area contributed by atoms with Gasteiger partial charge in [0.1, 0.15) is 5.76 Å². The number of sulfonamides is 1. The maximum atomic E-state index is 13.4. The van der Waals surface area contributed by atoms with E-state index in [-0.39, 0.29) is 10.7 Å². The van der Waals surface area contributed by atoms with E-state index in [1.54, 1.807) is 16.7 Å². The zero-order chi connectivity index (χ0) is 24.5. The molecule has 0 fully saturated rings. The van der Waals surface area contributed by atoms with Crippen LogP contribution in [0.2, 0.25) is 0 Å². The van der Waals surface area contributed by atoms with E-state index in [4.69, 9.17) is 9.40 Å². The van der Waals surface area contributed by atoms with Gasteiger partial charge in [-0.1, -0.05) is 49.9 Å². The molecule has 2 aromatic carbocycles. The summed E-state index contributed by atoms with van der Waals surface area (Å²) in [5.74, 6) is 1.23. The topological polar surface area (TPSA) is 85.4 Å². The number of aromatic nitrogens is 2. The molecule has 9 heteroatoms. The summed E-state index contributed by atoms with van der Waals surface area (Å²) in [5, 5.41) is 0.932. The molecular weight excluding hydrogens is 470 g/mol. The molecule has 0 aliphatic rings.